The molecule has 6 heteroatoms. The van der Waals surface area contributed by atoms with Crippen LogP contribution in [0.25, 0.3) is 0 Å². The van der Waals surface area contributed by atoms with Crippen molar-refractivity contribution in [3.63, 3.8) is 0 Å². The van der Waals surface area contributed by atoms with Crippen LogP contribution in [-0.2, 0) is 9.59 Å². The second kappa shape index (κ2) is 7.15. The number of aryl methyl sites for hydroxylation is 1. The number of piperidine rings is 1. The molecule has 126 valence electrons. The zero-order valence-electron chi connectivity index (χ0n) is 13.9. The molecular weight excluding hydrogens is 292 g/mol. The summed E-state index contributed by atoms with van der Waals surface area (Å²) in [5.74, 6) is 1.78. The Hall–Kier alpha value is -1.85. The lowest BCUT2D eigenvalue weighted by Gasteiger charge is -2.32. The third-order valence-corrected chi connectivity index (χ3v) is 4.87. The van der Waals surface area contributed by atoms with Gasteiger partial charge in [-0.15, -0.1) is 0 Å². The number of carbonyl (C=O) groups excluding carboxylic acids is 2. The van der Waals surface area contributed by atoms with Gasteiger partial charge < -0.3 is 14.8 Å². The highest BCUT2D eigenvalue weighted by Crippen LogP contribution is 2.25. The number of imidazole rings is 1. The maximum atomic E-state index is 12.4. The molecule has 3 rings (SSSR count). The molecule has 0 bridgehead atoms. The van der Waals surface area contributed by atoms with Crippen molar-refractivity contribution in [1.29, 1.82) is 0 Å². The van der Waals surface area contributed by atoms with Crippen LogP contribution in [0.5, 0.6) is 0 Å². The van der Waals surface area contributed by atoms with E-state index in [0.29, 0.717) is 18.8 Å². The summed E-state index contributed by atoms with van der Waals surface area (Å²) in [5, 5.41) is 0. The van der Waals surface area contributed by atoms with E-state index in [0.717, 1.165) is 63.4 Å². The molecule has 0 unspecified atom stereocenters. The first-order chi connectivity index (χ1) is 11.1. The van der Waals surface area contributed by atoms with E-state index in [1.165, 1.54) is 0 Å². The maximum absolute atomic E-state index is 12.4. The van der Waals surface area contributed by atoms with Gasteiger partial charge in [-0.05, 0) is 32.6 Å². The van der Waals surface area contributed by atoms with Gasteiger partial charge in [0.2, 0.25) is 11.8 Å². The zero-order chi connectivity index (χ0) is 16.2. The summed E-state index contributed by atoms with van der Waals surface area (Å²) in [6, 6.07) is 0. The van der Waals surface area contributed by atoms with Gasteiger partial charge in [-0.1, -0.05) is 0 Å². The number of likely N-dealkylation sites (tertiary alicyclic amines) is 2. The van der Waals surface area contributed by atoms with Crippen molar-refractivity contribution in [2.75, 3.05) is 26.2 Å². The molecular formula is C17H26N4O2. The van der Waals surface area contributed by atoms with Gasteiger partial charge in [0.25, 0.3) is 0 Å². The normalized spacial score (nSPS) is 22.0. The smallest absolute Gasteiger partial charge is 0.222 e. The van der Waals surface area contributed by atoms with Crippen LogP contribution in [0.2, 0.25) is 0 Å². The monoisotopic (exact) mass is 318 g/mol. The number of amides is 2. The third-order valence-electron chi connectivity index (χ3n) is 4.87. The van der Waals surface area contributed by atoms with Gasteiger partial charge in [-0.25, -0.2) is 4.98 Å². The highest BCUT2D eigenvalue weighted by atomic mass is 16.2. The number of H-pyrrole nitrogens is 1. The van der Waals surface area contributed by atoms with Crippen LogP contribution in [0.1, 0.15) is 56.0 Å². The second-order valence-electron chi connectivity index (χ2n) is 6.72. The van der Waals surface area contributed by atoms with Crippen LogP contribution in [0.15, 0.2) is 6.20 Å². The van der Waals surface area contributed by atoms with Crippen molar-refractivity contribution in [2.45, 2.75) is 51.4 Å². The van der Waals surface area contributed by atoms with Crippen molar-refractivity contribution >= 4 is 11.8 Å². The first-order valence-electron chi connectivity index (χ1n) is 8.70. The van der Waals surface area contributed by atoms with Gasteiger partial charge in [-0.2, -0.15) is 0 Å². The first kappa shape index (κ1) is 16.0. The number of hydrogen-bond donors (Lipinski definition) is 1. The van der Waals surface area contributed by atoms with Gasteiger partial charge in [0.05, 0.1) is 0 Å². The van der Waals surface area contributed by atoms with Crippen molar-refractivity contribution in [3.05, 3.63) is 17.7 Å². The van der Waals surface area contributed by atoms with E-state index in [2.05, 4.69) is 9.97 Å². The Labute approximate surface area is 137 Å². The quantitative estimate of drug-likeness (QED) is 0.900. The first-order valence-corrected chi connectivity index (χ1v) is 8.70. The van der Waals surface area contributed by atoms with Gasteiger partial charge in [0.1, 0.15) is 5.82 Å². The average Bonchev–Trinajstić information content (AvgIpc) is 3.16. The highest BCUT2D eigenvalue weighted by molar-refractivity contribution is 5.78. The van der Waals surface area contributed by atoms with Crippen LogP contribution in [-0.4, -0.2) is 57.8 Å². The number of carbonyl (C=O) groups is 2. The minimum Gasteiger partial charge on any atom is -0.346 e. The van der Waals surface area contributed by atoms with E-state index >= 15 is 0 Å². The molecule has 2 saturated heterocycles. The average molecular weight is 318 g/mol. The summed E-state index contributed by atoms with van der Waals surface area (Å²) in [4.78, 5) is 35.6. The van der Waals surface area contributed by atoms with Gasteiger partial charge >= 0.3 is 0 Å². The fourth-order valence-electron chi connectivity index (χ4n) is 3.59. The molecule has 1 N–H and O–H groups in total. The maximum Gasteiger partial charge on any atom is 0.222 e. The minimum absolute atomic E-state index is 0.213. The molecule has 0 saturated carbocycles. The highest BCUT2D eigenvalue weighted by Gasteiger charge is 2.26. The zero-order valence-corrected chi connectivity index (χ0v) is 13.9. The molecule has 0 aliphatic carbocycles. The van der Waals surface area contributed by atoms with E-state index in [1.54, 1.807) is 0 Å². The summed E-state index contributed by atoms with van der Waals surface area (Å²) in [6.07, 6.45) is 6.90. The molecule has 0 radical (unpaired) electrons. The van der Waals surface area contributed by atoms with Gasteiger partial charge in [-0.3, -0.25) is 9.59 Å². The molecule has 1 aromatic rings. The molecule has 0 aromatic carbocycles. The predicted octanol–water partition coefficient (Wildman–Crippen LogP) is 1.83. The van der Waals surface area contributed by atoms with E-state index < -0.39 is 0 Å². The SMILES string of the molecule is Cc1cnc([C@@H]2CCCN(C(=O)CCCN3CCCC3=O)C2)[nH]1. The number of hydrogen-bond acceptors (Lipinski definition) is 3. The summed E-state index contributed by atoms with van der Waals surface area (Å²) in [5.41, 5.74) is 1.07. The number of aromatic nitrogens is 2. The Kier molecular flexibility index (Phi) is 4.98. The Balaban J connectivity index is 1.46. The topological polar surface area (TPSA) is 69.3 Å². The molecule has 6 nitrogen and oxygen atoms in total. The van der Waals surface area contributed by atoms with E-state index in [4.69, 9.17) is 0 Å². The number of rotatable bonds is 5. The molecule has 2 aliphatic rings. The minimum atomic E-state index is 0.213. The lowest BCUT2D eigenvalue weighted by atomic mass is 9.97. The molecule has 2 amide bonds. The van der Waals surface area contributed by atoms with Crippen molar-refractivity contribution in [2.24, 2.45) is 0 Å². The van der Waals surface area contributed by atoms with Crippen molar-refractivity contribution < 1.29 is 9.59 Å². The lowest BCUT2D eigenvalue weighted by molar-refractivity contribution is -0.133. The fraction of sp³-hybridized carbons (Fsp3) is 0.706. The van der Waals surface area contributed by atoms with E-state index in [-0.39, 0.29) is 11.8 Å². The van der Waals surface area contributed by atoms with Crippen LogP contribution >= 0.6 is 0 Å². The van der Waals surface area contributed by atoms with E-state index in [9.17, 15) is 9.59 Å². The lowest BCUT2D eigenvalue weighted by Crippen LogP contribution is -2.39. The van der Waals surface area contributed by atoms with Crippen LogP contribution < -0.4 is 0 Å². The Morgan fingerprint density at radius 1 is 1.39 bits per heavy atom. The predicted molar refractivity (Wildman–Crippen MR) is 86.9 cm³/mol. The second-order valence-corrected chi connectivity index (χ2v) is 6.72. The summed E-state index contributed by atoms with van der Waals surface area (Å²) in [7, 11) is 0. The number of nitrogens with one attached hydrogen (secondary N) is 1. The number of nitrogens with zero attached hydrogens (tertiary/aromatic N) is 3. The van der Waals surface area contributed by atoms with Crippen LogP contribution in [0.3, 0.4) is 0 Å². The number of aromatic amines is 1. The molecule has 0 spiro atoms. The summed E-state index contributed by atoms with van der Waals surface area (Å²) >= 11 is 0. The van der Waals surface area contributed by atoms with Crippen LogP contribution in [0.4, 0.5) is 0 Å². The summed E-state index contributed by atoms with van der Waals surface area (Å²) in [6.45, 7) is 5.18. The molecule has 1 aromatic heterocycles. The van der Waals surface area contributed by atoms with Crippen LogP contribution in [0, 0.1) is 6.92 Å². The molecule has 23 heavy (non-hydrogen) atoms. The van der Waals surface area contributed by atoms with Gasteiger partial charge in [0.15, 0.2) is 0 Å². The Bertz CT molecular complexity index is 569. The molecule has 3 heterocycles. The Morgan fingerprint density at radius 3 is 2.96 bits per heavy atom. The largest absolute Gasteiger partial charge is 0.346 e. The fourth-order valence-corrected chi connectivity index (χ4v) is 3.59. The summed E-state index contributed by atoms with van der Waals surface area (Å²) < 4.78 is 0. The van der Waals surface area contributed by atoms with Crippen molar-refractivity contribution in [3.8, 4) is 0 Å². The molecule has 2 aliphatic heterocycles. The Morgan fingerprint density at radius 2 is 2.26 bits per heavy atom. The standard InChI is InChI=1S/C17H26N4O2/c1-13-11-18-17(19-13)14-5-2-10-21(12-14)16(23)7-4-9-20-8-3-6-15(20)22/h11,14H,2-10,12H2,1H3,(H,18,19)/t14-/m1/s1. The van der Waals surface area contributed by atoms with E-state index in [1.807, 2.05) is 22.9 Å². The van der Waals surface area contributed by atoms with Gasteiger partial charge in [0, 0.05) is 56.8 Å². The van der Waals surface area contributed by atoms with Crippen molar-refractivity contribution in [1.82, 2.24) is 19.8 Å². The molecule has 2 fully saturated rings. The third kappa shape index (κ3) is 3.92. The molecule has 1 atom stereocenters.